The van der Waals surface area contributed by atoms with Gasteiger partial charge in [0.2, 0.25) is 0 Å². The van der Waals surface area contributed by atoms with Crippen LogP contribution < -0.4 is 4.90 Å². The van der Waals surface area contributed by atoms with Crippen molar-refractivity contribution >= 4 is 17.9 Å². The molecule has 2 amide bonds. The standard InChI is InChI=1S/C10H10F3NO2.C10H21NO2/c1-14(9(15)16-2)8-5-3-4-7(6-8)10(11,12)13;1-8(2)6-11(7-9(3)4)10(12)13-5/h3-6H,1-2H3;8-9H,6-7H2,1-5H3. The van der Waals surface area contributed by atoms with E-state index in [1.54, 1.807) is 4.90 Å². The molecule has 0 bridgehead atoms. The molecule has 9 heteroatoms. The maximum atomic E-state index is 12.4. The molecular formula is C20H31F3N2O4. The first-order chi connectivity index (χ1) is 13.3. The van der Waals surface area contributed by atoms with E-state index in [0.717, 1.165) is 37.2 Å². The summed E-state index contributed by atoms with van der Waals surface area (Å²) >= 11 is 0. The molecule has 0 fully saturated rings. The smallest absolute Gasteiger partial charge is 0.416 e. The summed E-state index contributed by atoms with van der Waals surface area (Å²) in [6, 6.07) is 4.45. The number of rotatable bonds is 5. The Morgan fingerprint density at radius 2 is 1.45 bits per heavy atom. The van der Waals surface area contributed by atoms with Gasteiger partial charge in [0.05, 0.1) is 19.8 Å². The molecule has 166 valence electrons. The number of hydrogen-bond acceptors (Lipinski definition) is 4. The minimum absolute atomic E-state index is 0.127. The Hall–Kier alpha value is -2.45. The minimum Gasteiger partial charge on any atom is -0.453 e. The number of alkyl halides is 3. The van der Waals surface area contributed by atoms with E-state index in [2.05, 4.69) is 32.4 Å². The molecule has 29 heavy (non-hydrogen) atoms. The molecule has 0 aromatic heterocycles. The van der Waals surface area contributed by atoms with E-state index >= 15 is 0 Å². The van der Waals surface area contributed by atoms with Crippen LogP contribution in [0.5, 0.6) is 0 Å². The normalized spacial score (nSPS) is 10.9. The summed E-state index contributed by atoms with van der Waals surface area (Å²) in [7, 11) is 3.92. The van der Waals surface area contributed by atoms with Crippen molar-refractivity contribution in [3.8, 4) is 0 Å². The molecule has 1 aromatic rings. The number of nitrogens with zero attached hydrogens (tertiary/aromatic N) is 2. The predicted molar refractivity (Wildman–Crippen MR) is 106 cm³/mol. The van der Waals surface area contributed by atoms with Crippen molar-refractivity contribution in [3.05, 3.63) is 29.8 Å². The second-order valence-corrected chi connectivity index (χ2v) is 7.24. The number of carbonyl (C=O) groups is 2. The summed E-state index contributed by atoms with van der Waals surface area (Å²) in [6.07, 6.45) is -5.37. The molecule has 0 unspecified atom stereocenters. The average Bonchev–Trinajstić information content (AvgIpc) is 2.64. The van der Waals surface area contributed by atoms with Crippen molar-refractivity contribution < 1.29 is 32.2 Å². The SMILES string of the molecule is COC(=O)N(C)c1cccc(C(F)(F)F)c1.COC(=O)N(CC(C)C)CC(C)C. The third kappa shape index (κ3) is 10.0. The van der Waals surface area contributed by atoms with Crippen molar-refractivity contribution in [2.24, 2.45) is 11.8 Å². The monoisotopic (exact) mass is 420 g/mol. The lowest BCUT2D eigenvalue weighted by atomic mass is 10.1. The molecule has 0 saturated heterocycles. The van der Waals surface area contributed by atoms with Crippen LogP contribution in [0.3, 0.4) is 0 Å². The first-order valence-electron chi connectivity index (χ1n) is 9.15. The number of amides is 2. The van der Waals surface area contributed by atoms with Crippen LogP contribution in [-0.4, -0.2) is 51.4 Å². The fraction of sp³-hybridized carbons (Fsp3) is 0.600. The molecule has 0 aliphatic heterocycles. The van der Waals surface area contributed by atoms with Crippen LogP contribution in [0.15, 0.2) is 24.3 Å². The van der Waals surface area contributed by atoms with Gasteiger partial charge in [-0.1, -0.05) is 33.8 Å². The third-order valence-electron chi connectivity index (χ3n) is 3.61. The van der Waals surface area contributed by atoms with Crippen LogP contribution in [0.4, 0.5) is 28.4 Å². The lowest BCUT2D eigenvalue weighted by Crippen LogP contribution is -2.36. The van der Waals surface area contributed by atoms with E-state index in [1.165, 1.54) is 26.3 Å². The van der Waals surface area contributed by atoms with Crippen molar-refractivity contribution in [2.75, 3.05) is 39.3 Å². The van der Waals surface area contributed by atoms with E-state index in [4.69, 9.17) is 4.74 Å². The summed E-state index contributed by atoms with van der Waals surface area (Å²) < 4.78 is 46.2. The maximum Gasteiger partial charge on any atom is 0.416 e. The Morgan fingerprint density at radius 1 is 0.966 bits per heavy atom. The van der Waals surface area contributed by atoms with Crippen molar-refractivity contribution in [1.29, 1.82) is 0 Å². The second-order valence-electron chi connectivity index (χ2n) is 7.24. The summed E-state index contributed by atoms with van der Waals surface area (Å²) in [5.41, 5.74) is -0.678. The molecule has 6 nitrogen and oxygen atoms in total. The van der Waals surface area contributed by atoms with Gasteiger partial charge in [0.1, 0.15) is 0 Å². The summed E-state index contributed by atoms with van der Waals surface area (Å²) in [5, 5.41) is 0. The molecular weight excluding hydrogens is 389 g/mol. The highest BCUT2D eigenvalue weighted by atomic mass is 19.4. The molecule has 0 N–H and O–H groups in total. The van der Waals surface area contributed by atoms with Crippen molar-refractivity contribution in [2.45, 2.75) is 33.9 Å². The zero-order valence-electron chi connectivity index (χ0n) is 18.0. The predicted octanol–water partition coefficient (Wildman–Crippen LogP) is 5.27. The lowest BCUT2D eigenvalue weighted by molar-refractivity contribution is -0.137. The van der Waals surface area contributed by atoms with Gasteiger partial charge in [-0.05, 0) is 30.0 Å². The third-order valence-corrected chi connectivity index (χ3v) is 3.61. The lowest BCUT2D eigenvalue weighted by Gasteiger charge is -2.24. The van der Waals surface area contributed by atoms with E-state index in [0.29, 0.717) is 11.8 Å². The molecule has 1 rings (SSSR count). The quantitative estimate of drug-likeness (QED) is 0.651. The maximum absolute atomic E-state index is 12.4. The summed E-state index contributed by atoms with van der Waals surface area (Å²) in [4.78, 5) is 25.1. The molecule has 0 radical (unpaired) electrons. The number of halogens is 3. The minimum atomic E-state index is -4.42. The van der Waals surface area contributed by atoms with E-state index in [-0.39, 0.29) is 11.8 Å². The van der Waals surface area contributed by atoms with Crippen LogP contribution in [0.1, 0.15) is 33.3 Å². The second kappa shape index (κ2) is 12.2. The Balaban J connectivity index is 0.000000555. The summed E-state index contributed by atoms with van der Waals surface area (Å²) in [6.45, 7) is 9.91. The van der Waals surface area contributed by atoms with E-state index in [1.807, 2.05) is 0 Å². The van der Waals surface area contributed by atoms with Crippen LogP contribution in [0, 0.1) is 11.8 Å². The van der Waals surface area contributed by atoms with Crippen LogP contribution >= 0.6 is 0 Å². The molecule has 0 atom stereocenters. The zero-order chi connectivity index (χ0) is 22.8. The van der Waals surface area contributed by atoms with E-state index < -0.39 is 17.8 Å². The Morgan fingerprint density at radius 3 is 1.83 bits per heavy atom. The fourth-order valence-electron chi connectivity index (χ4n) is 2.37. The molecule has 0 spiro atoms. The first kappa shape index (κ1) is 26.6. The molecule has 0 aliphatic carbocycles. The molecule has 0 aliphatic rings. The number of ether oxygens (including phenoxy) is 2. The van der Waals surface area contributed by atoms with Gasteiger partial charge in [-0.2, -0.15) is 13.2 Å². The first-order valence-corrected chi connectivity index (χ1v) is 9.15. The molecule has 0 saturated carbocycles. The number of methoxy groups -OCH3 is 2. The number of benzene rings is 1. The number of anilines is 1. The molecule has 1 aromatic carbocycles. The Bertz CT molecular complexity index is 639. The van der Waals surface area contributed by atoms with Gasteiger partial charge in [-0.25, -0.2) is 9.59 Å². The molecule has 0 heterocycles. The van der Waals surface area contributed by atoms with Gasteiger partial charge in [0.15, 0.2) is 0 Å². The van der Waals surface area contributed by atoms with Gasteiger partial charge < -0.3 is 14.4 Å². The van der Waals surface area contributed by atoms with Gasteiger partial charge >= 0.3 is 18.4 Å². The van der Waals surface area contributed by atoms with Gasteiger partial charge in [0.25, 0.3) is 0 Å². The topological polar surface area (TPSA) is 59.1 Å². The van der Waals surface area contributed by atoms with Gasteiger partial charge in [-0.3, -0.25) is 4.90 Å². The van der Waals surface area contributed by atoms with Crippen LogP contribution in [-0.2, 0) is 15.7 Å². The fourth-order valence-corrected chi connectivity index (χ4v) is 2.37. The van der Waals surface area contributed by atoms with Crippen molar-refractivity contribution in [3.63, 3.8) is 0 Å². The largest absolute Gasteiger partial charge is 0.453 e. The van der Waals surface area contributed by atoms with Gasteiger partial charge in [-0.15, -0.1) is 0 Å². The zero-order valence-corrected chi connectivity index (χ0v) is 18.0. The van der Waals surface area contributed by atoms with Crippen molar-refractivity contribution in [1.82, 2.24) is 4.90 Å². The Labute approximate surface area is 170 Å². The average molecular weight is 420 g/mol. The highest BCUT2D eigenvalue weighted by molar-refractivity contribution is 5.86. The van der Waals surface area contributed by atoms with E-state index in [9.17, 15) is 22.8 Å². The summed E-state index contributed by atoms with van der Waals surface area (Å²) in [5.74, 6) is 0.968. The van der Waals surface area contributed by atoms with Crippen LogP contribution in [0.2, 0.25) is 0 Å². The van der Waals surface area contributed by atoms with Gasteiger partial charge in [0, 0.05) is 25.8 Å². The number of hydrogen-bond donors (Lipinski definition) is 0. The van der Waals surface area contributed by atoms with Crippen LogP contribution in [0.25, 0.3) is 0 Å². The highest BCUT2D eigenvalue weighted by Gasteiger charge is 2.31. The number of carbonyl (C=O) groups excluding carboxylic acids is 2. The Kier molecular flexibility index (Phi) is 11.2. The highest BCUT2D eigenvalue weighted by Crippen LogP contribution is 2.31.